The van der Waals surface area contributed by atoms with Crippen LogP contribution in [0.15, 0.2) is 84.0 Å². The molecule has 0 saturated heterocycles. The maximum absolute atomic E-state index is 13.3. The van der Waals surface area contributed by atoms with E-state index in [0.29, 0.717) is 29.9 Å². The molecule has 1 aliphatic carbocycles. The van der Waals surface area contributed by atoms with E-state index in [2.05, 4.69) is 10.4 Å². The summed E-state index contributed by atoms with van der Waals surface area (Å²) in [4.78, 5) is 25.8. The molecule has 5 rings (SSSR count). The van der Waals surface area contributed by atoms with Gasteiger partial charge in [-0.15, -0.1) is 5.10 Å². The standard InChI is InChI=1S/C30H30ClN3O3/c31-26-12-6-11-25(17-26)30-33-34(27(35)20-37-30)19-22-13-15-24(16-14-22)28(23-9-4-5-10-23)29(36)32-18-21-7-2-1-3-8-21/h1-3,6-8,11-17,23,28H,4-5,9-10,18-20H2,(H,32,36). The molecule has 0 aromatic heterocycles. The van der Waals surface area contributed by atoms with E-state index in [4.69, 9.17) is 16.3 Å². The summed E-state index contributed by atoms with van der Waals surface area (Å²) in [6, 6.07) is 25.2. The molecule has 1 saturated carbocycles. The lowest BCUT2D eigenvalue weighted by Crippen LogP contribution is -2.36. The van der Waals surface area contributed by atoms with E-state index in [0.717, 1.165) is 47.9 Å². The zero-order valence-electron chi connectivity index (χ0n) is 20.6. The van der Waals surface area contributed by atoms with E-state index in [1.807, 2.05) is 66.7 Å². The normalized spacial score (nSPS) is 16.7. The van der Waals surface area contributed by atoms with Gasteiger partial charge >= 0.3 is 0 Å². The SMILES string of the molecule is O=C(NCc1ccccc1)C(c1ccc(CN2N=C(c3cccc(Cl)c3)OCC2=O)cc1)C1CCCC1. The third kappa shape index (κ3) is 6.20. The van der Waals surface area contributed by atoms with Gasteiger partial charge in [0.25, 0.3) is 5.91 Å². The Kier molecular flexibility index (Phi) is 7.85. The summed E-state index contributed by atoms with van der Waals surface area (Å²) >= 11 is 6.10. The first-order valence-corrected chi connectivity index (χ1v) is 13.1. The Bertz CT molecular complexity index is 1270. The summed E-state index contributed by atoms with van der Waals surface area (Å²) in [5.41, 5.74) is 3.76. The fourth-order valence-electron chi connectivity index (χ4n) is 5.11. The number of hydrogen-bond acceptors (Lipinski definition) is 4. The first-order valence-electron chi connectivity index (χ1n) is 12.7. The number of carbonyl (C=O) groups excluding carboxylic acids is 2. The molecule has 190 valence electrons. The van der Waals surface area contributed by atoms with E-state index in [9.17, 15) is 9.59 Å². The third-order valence-corrected chi connectivity index (χ3v) is 7.27. The zero-order valence-corrected chi connectivity index (χ0v) is 21.4. The predicted molar refractivity (Wildman–Crippen MR) is 144 cm³/mol. The number of benzene rings is 3. The van der Waals surface area contributed by atoms with Crippen molar-refractivity contribution in [3.05, 3.63) is 106 Å². The summed E-state index contributed by atoms with van der Waals surface area (Å²) in [6.07, 6.45) is 4.46. The van der Waals surface area contributed by atoms with Crippen molar-refractivity contribution in [2.45, 2.75) is 44.7 Å². The molecule has 1 atom stereocenters. The molecule has 1 N–H and O–H groups in total. The van der Waals surface area contributed by atoms with Crippen LogP contribution < -0.4 is 5.32 Å². The minimum absolute atomic E-state index is 0.0719. The number of nitrogens with one attached hydrogen (secondary N) is 1. The second-order valence-corrected chi connectivity index (χ2v) is 10.1. The van der Waals surface area contributed by atoms with Crippen LogP contribution in [0, 0.1) is 5.92 Å². The van der Waals surface area contributed by atoms with Crippen molar-refractivity contribution < 1.29 is 14.3 Å². The third-order valence-electron chi connectivity index (χ3n) is 7.04. The molecular weight excluding hydrogens is 486 g/mol. The lowest BCUT2D eigenvalue weighted by molar-refractivity contribution is -0.136. The highest BCUT2D eigenvalue weighted by atomic mass is 35.5. The van der Waals surface area contributed by atoms with Gasteiger partial charge in [0, 0.05) is 17.1 Å². The summed E-state index contributed by atoms with van der Waals surface area (Å²) < 4.78 is 5.54. The molecule has 2 amide bonds. The second kappa shape index (κ2) is 11.6. The van der Waals surface area contributed by atoms with Crippen LogP contribution in [0.4, 0.5) is 0 Å². The van der Waals surface area contributed by atoms with E-state index in [1.165, 1.54) is 5.01 Å². The first kappa shape index (κ1) is 25.0. The summed E-state index contributed by atoms with van der Waals surface area (Å²) in [7, 11) is 0. The highest BCUT2D eigenvalue weighted by molar-refractivity contribution is 6.31. The molecule has 0 bridgehead atoms. The van der Waals surface area contributed by atoms with Crippen LogP contribution in [-0.2, 0) is 27.4 Å². The van der Waals surface area contributed by atoms with Crippen LogP contribution >= 0.6 is 11.6 Å². The quantitative estimate of drug-likeness (QED) is 0.421. The molecule has 6 nitrogen and oxygen atoms in total. The number of hydrazone groups is 1. The smallest absolute Gasteiger partial charge is 0.281 e. The van der Waals surface area contributed by atoms with Crippen LogP contribution in [0.5, 0.6) is 0 Å². The second-order valence-electron chi connectivity index (χ2n) is 9.62. The first-order chi connectivity index (χ1) is 18.1. The van der Waals surface area contributed by atoms with Gasteiger partial charge in [-0.25, -0.2) is 5.01 Å². The van der Waals surface area contributed by atoms with Crippen molar-refractivity contribution in [2.75, 3.05) is 6.61 Å². The van der Waals surface area contributed by atoms with Gasteiger partial charge in [0.15, 0.2) is 6.61 Å². The summed E-state index contributed by atoms with van der Waals surface area (Å²) in [5.74, 6) is 0.390. The molecule has 2 aliphatic rings. The molecule has 3 aromatic carbocycles. The van der Waals surface area contributed by atoms with Crippen LogP contribution in [0.2, 0.25) is 5.02 Å². The van der Waals surface area contributed by atoms with Gasteiger partial charge in [-0.3, -0.25) is 9.59 Å². The van der Waals surface area contributed by atoms with Gasteiger partial charge in [-0.05, 0) is 53.6 Å². The Morgan fingerprint density at radius 2 is 1.76 bits per heavy atom. The van der Waals surface area contributed by atoms with Crippen LogP contribution in [0.1, 0.15) is 53.9 Å². The Labute approximate surface area is 222 Å². The molecule has 1 fully saturated rings. The van der Waals surface area contributed by atoms with Crippen LogP contribution in [0.3, 0.4) is 0 Å². The minimum Gasteiger partial charge on any atom is -0.466 e. The highest BCUT2D eigenvalue weighted by Crippen LogP contribution is 2.37. The average molecular weight is 516 g/mol. The van der Waals surface area contributed by atoms with Crippen molar-refractivity contribution in [3.63, 3.8) is 0 Å². The van der Waals surface area contributed by atoms with Crippen molar-refractivity contribution in [1.29, 1.82) is 0 Å². The van der Waals surface area contributed by atoms with Gasteiger partial charge in [-0.1, -0.05) is 85.1 Å². The van der Waals surface area contributed by atoms with Gasteiger partial charge in [-0.2, -0.15) is 0 Å². The molecule has 1 heterocycles. The maximum atomic E-state index is 13.3. The summed E-state index contributed by atoms with van der Waals surface area (Å²) in [5, 5.41) is 9.58. The maximum Gasteiger partial charge on any atom is 0.281 e. The molecule has 7 heteroatoms. The Morgan fingerprint density at radius 1 is 1.00 bits per heavy atom. The van der Waals surface area contributed by atoms with E-state index in [-0.39, 0.29) is 24.3 Å². The fourth-order valence-corrected chi connectivity index (χ4v) is 5.30. The number of carbonyl (C=O) groups is 2. The number of amides is 2. The van der Waals surface area contributed by atoms with Gasteiger partial charge < -0.3 is 10.1 Å². The van der Waals surface area contributed by atoms with Gasteiger partial charge in [0.1, 0.15) is 0 Å². The van der Waals surface area contributed by atoms with E-state index >= 15 is 0 Å². The Morgan fingerprint density at radius 3 is 2.49 bits per heavy atom. The topological polar surface area (TPSA) is 71.0 Å². The number of ether oxygens (including phenoxy) is 1. The lowest BCUT2D eigenvalue weighted by atomic mass is 9.83. The molecular formula is C30H30ClN3O3. The van der Waals surface area contributed by atoms with E-state index in [1.54, 1.807) is 12.1 Å². The lowest BCUT2D eigenvalue weighted by Gasteiger charge is -2.25. The molecule has 0 spiro atoms. The largest absolute Gasteiger partial charge is 0.466 e. The van der Waals surface area contributed by atoms with Crippen molar-refractivity contribution in [2.24, 2.45) is 11.0 Å². The van der Waals surface area contributed by atoms with E-state index < -0.39 is 0 Å². The fraction of sp³-hybridized carbons (Fsp3) is 0.300. The molecule has 1 aliphatic heterocycles. The van der Waals surface area contributed by atoms with Gasteiger partial charge in [0.2, 0.25) is 11.8 Å². The minimum atomic E-state index is -0.209. The number of halogens is 1. The van der Waals surface area contributed by atoms with Crippen molar-refractivity contribution >= 4 is 29.3 Å². The molecule has 1 unspecified atom stereocenters. The number of hydrogen-bond donors (Lipinski definition) is 1. The molecule has 0 radical (unpaired) electrons. The molecule has 3 aromatic rings. The predicted octanol–water partition coefficient (Wildman–Crippen LogP) is 5.65. The number of rotatable bonds is 8. The Hall–Kier alpha value is -3.64. The van der Waals surface area contributed by atoms with Gasteiger partial charge in [0.05, 0.1) is 12.5 Å². The summed E-state index contributed by atoms with van der Waals surface area (Å²) in [6.45, 7) is 0.767. The highest BCUT2D eigenvalue weighted by Gasteiger charge is 2.32. The van der Waals surface area contributed by atoms with Crippen molar-refractivity contribution in [1.82, 2.24) is 10.3 Å². The van der Waals surface area contributed by atoms with Crippen LogP contribution in [0.25, 0.3) is 0 Å². The van der Waals surface area contributed by atoms with Crippen LogP contribution in [-0.4, -0.2) is 29.3 Å². The average Bonchev–Trinajstić information content (AvgIpc) is 3.45. The Balaban J connectivity index is 1.30. The number of nitrogens with zero attached hydrogens (tertiary/aromatic N) is 2. The van der Waals surface area contributed by atoms with Crippen molar-refractivity contribution in [3.8, 4) is 0 Å². The zero-order chi connectivity index (χ0) is 25.6. The monoisotopic (exact) mass is 515 g/mol. The molecule has 37 heavy (non-hydrogen) atoms.